The molecule has 0 saturated heterocycles. The van der Waals surface area contributed by atoms with Gasteiger partial charge in [0.05, 0.1) is 18.9 Å². The van der Waals surface area contributed by atoms with Crippen LogP contribution in [0.3, 0.4) is 0 Å². The van der Waals surface area contributed by atoms with Crippen molar-refractivity contribution in [2.24, 2.45) is 0 Å². The minimum absolute atomic E-state index is 0. The van der Waals surface area contributed by atoms with Crippen molar-refractivity contribution in [3.05, 3.63) is 23.5 Å². The second-order valence-electron chi connectivity index (χ2n) is 2.08. The van der Waals surface area contributed by atoms with Gasteiger partial charge in [0.15, 0.2) is 0 Å². The van der Waals surface area contributed by atoms with E-state index in [0.29, 0.717) is 5.69 Å². The molecule has 0 spiro atoms. The van der Waals surface area contributed by atoms with Crippen LogP contribution in [0.1, 0.15) is 11.4 Å². The fraction of sp³-hybridized carbons (Fsp3) is 0.286. The van der Waals surface area contributed by atoms with E-state index in [1.54, 1.807) is 0 Å². The van der Waals surface area contributed by atoms with Gasteiger partial charge in [-0.05, 0) is 12.1 Å². The van der Waals surface area contributed by atoms with Gasteiger partial charge in [0.1, 0.15) is 11.4 Å². The Morgan fingerprint density at radius 2 is 1.83 bits per heavy atom. The average Bonchev–Trinajstić information content (AvgIpc) is 2.05. The summed E-state index contributed by atoms with van der Waals surface area (Å²) >= 11 is 0. The molecule has 0 fully saturated rings. The third-order valence-corrected chi connectivity index (χ3v) is 1.32. The SMILES string of the molecule is Cl.OCc1ccc(O)c(CO)n1. The van der Waals surface area contributed by atoms with E-state index in [1.165, 1.54) is 12.1 Å². The molecule has 0 radical (unpaired) electrons. The molecule has 0 aliphatic rings. The molecule has 0 bridgehead atoms. The normalized spacial score (nSPS) is 9.17. The highest BCUT2D eigenvalue weighted by atomic mass is 35.5. The molecule has 0 amide bonds. The number of rotatable bonds is 2. The number of nitrogens with zero attached hydrogens (tertiary/aromatic N) is 1. The highest BCUT2D eigenvalue weighted by Gasteiger charge is 2.01. The maximum Gasteiger partial charge on any atom is 0.139 e. The van der Waals surface area contributed by atoms with E-state index >= 15 is 0 Å². The van der Waals surface area contributed by atoms with E-state index in [0.717, 1.165) is 0 Å². The van der Waals surface area contributed by atoms with Crippen molar-refractivity contribution in [3.63, 3.8) is 0 Å². The van der Waals surface area contributed by atoms with Gasteiger partial charge in [-0.1, -0.05) is 0 Å². The van der Waals surface area contributed by atoms with Gasteiger partial charge in [0, 0.05) is 0 Å². The van der Waals surface area contributed by atoms with Gasteiger partial charge in [-0.15, -0.1) is 12.4 Å². The molecule has 0 unspecified atom stereocenters. The van der Waals surface area contributed by atoms with Gasteiger partial charge in [0.2, 0.25) is 0 Å². The fourth-order valence-corrected chi connectivity index (χ4v) is 0.744. The average molecular weight is 192 g/mol. The second-order valence-corrected chi connectivity index (χ2v) is 2.08. The van der Waals surface area contributed by atoms with Crippen LogP contribution in [0.2, 0.25) is 0 Å². The summed E-state index contributed by atoms with van der Waals surface area (Å²) in [7, 11) is 0. The summed E-state index contributed by atoms with van der Waals surface area (Å²) in [5.41, 5.74) is 0.628. The molecule has 0 saturated carbocycles. The molecule has 1 rings (SSSR count). The summed E-state index contributed by atoms with van der Waals surface area (Å²) in [6.07, 6.45) is 0. The third kappa shape index (κ3) is 2.34. The van der Waals surface area contributed by atoms with Gasteiger partial charge in [-0.2, -0.15) is 0 Å². The summed E-state index contributed by atoms with van der Waals surface area (Å²) in [5.74, 6) is -0.0512. The third-order valence-electron chi connectivity index (χ3n) is 1.32. The first-order valence-electron chi connectivity index (χ1n) is 3.17. The van der Waals surface area contributed by atoms with E-state index in [1.807, 2.05) is 0 Å². The van der Waals surface area contributed by atoms with Gasteiger partial charge in [-0.25, -0.2) is 4.98 Å². The van der Waals surface area contributed by atoms with Crippen molar-refractivity contribution in [3.8, 4) is 5.75 Å². The topological polar surface area (TPSA) is 73.6 Å². The van der Waals surface area contributed by atoms with Crippen LogP contribution in [0.15, 0.2) is 12.1 Å². The summed E-state index contributed by atoms with van der Waals surface area (Å²) in [5, 5.41) is 26.3. The van der Waals surface area contributed by atoms with Crippen LogP contribution in [0, 0.1) is 0 Å². The second kappa shape index (κ2) is 4.92. The highest BCUT2D eigenvalue weighted by Crippen LogP contribution is 2.14. The molecule has 3 N–H and O–H groups in total. The first kappa shape index (κ1) is 11.2. The minimum atomic E-state index is -0.320. The first-order valence-corrected chi connectivity index (χ1v) is 3.17. The van der Waals surface area contributed by atoms with Crippen LogP contribution in [0.25, 0.3) is 0 Å². The molecular formula is C7H10ClNO3. The zero-order valence-electron chi connectivity index (χ0n) is 6.27. The van der Waals surface area contributed by atoms with Crippen molar-refractivity contribution >= 4 is 12.4 Å². The van der Waals surface area contributed by atoms with Crippen molar-refractivity contribution < 1.29 is 15.3 Å². The van der Waals surface area contributed by atoms with E-state index < -0.39 is 0 Å². The van der Waals surface area contributed by atoms with Crippen molar-refractivity contribution in [1.29, 1.82) is 0 Å². The molecule has 0 aromatic carbocycles. The molecule has 0 atom stereocenters. The Morgan fingerprint density at radius 1 is 1.17 bits per heavy atom. The maximum absolute atomic E-state index is 9.03. The Balaban J connectivity index is 0.00000121. The molecule has 68 valence electrons. The Kier molecular flexibility index (Phi) is 4.58. The number of aromatic nitrogens is 1. The van der Waals surface area contributed by atoms with Gasteiger partial charge < -0.3 is 15.3 Å². The molecule has 0 aliphatic heterocycles. The summed E-state index contributed by atoms with van der Waals surface area (Å²) in [4.78, 5) is 3.76. The minimum Gasteiger partial charge on any atom is -0.506 e. The van der Waals surface area contributed by atoms with Gasteiger partial charge in [0.25, 0.3) is 0 Å². The largest absolute Gasteiger partial charge is 0.506 e. The lowest BCUT2D eigenvalue weighted by Crippen LogP contribution is -1.95. The number of aliphatic hydroxyl groups is 2. The van der Waals surface area contributed by atoms with Crippen LogP contribution in [0.4, 0.5) is 0 Å². The summed E-state index contributed by atoms with van der Waals surface area (Å²) in [6.45, 7) is -0.507. The predicted molar refractivity (Wildman–Crippen MR) is 45.0 cm³/mol. The Labute approximate surface area is 75.9 Å². The maximum atomic E-state index is 9.03. The van der Waals surface area contributed by atoms with Crippen LogP contribution >= 0.6 is 12.4 Å². The summed E-state index contributed by atoms with van der Waals surface area (Å²) < 4.78 is 0. The van der Waals surface area contributed by atoms with Crippen molar-refractivity contribution in [2.75, 3.05) is 0 Å². The zero-order chi connectivity index (χ0) is 8.27. The molecular weight excluding hydrogens is 182 g/mol. The van der Waals surface area contributed by atoms with Crippen LogP contribution in [-0.2, 0) is 13.2 Å². The molecule has 1 aromatic rings. The predicted octanol–water partition coefficient (Wildman–Crippen LogP) is 0.194. The molecule has 12 heavy (non-hydrogen) atoms. The zero-order valence-corrected chi connectivity index (χ0v) is 7.08. The number of pyridine rings is 1. The molecule has 4 nitrogen and oxygen atoms in total. The quantitative estimate of drug-likeness (QED) is 0.624. The Hall–Kier alpha value is -0.840. The van der Waals surface area contributed by atoms with Gasteiger partial charge >= 0.3 is 0 Å². The number of hydrogen-bond acceptors (Lipinski definition) is 4. The smallest absolute Gasteiger partial charge is 0.139 e. The molecule has 1 aromatic heterocycles. The van der Waals surface area contributed by atoms with Crippen LogP contribution in [0.5, 0.6) is 5.75 Å². The molecule has 5 heteroatoms. The van der Waals surface area contributed by atoms with Crippen LogP contribution in [-0.4, -0.2) is 20.3 Å². The first-order chi connectivity index (χ1) is 5.27. The standard InChI is InChI=1S/C7H9NO3.ClH/c9-3-5-1-2-7(11)6(4-10)8-5;/h1-2,9-11H,3-4H2;1H. The molecule has 1 heterocycles. The molecule has 0 aliphatic carbocycles. The van der Waals surface area contributed by atoms with E-state index in [2.05, 4.69) is 4.98 Å². The number of hydrogen-bond donors (Lipinski definition) is 3. The monoisotopic (exact) mass is 191 g/mol. The number of aliphatic hydroxyl groups excluding tert-OH is 2. The van der Waals surface area contributed by atoms with Gasteiger partial charge in [-0.3, -0.25) is 0 Å². The van der Waals surface area contributed by atoms with E-state index in [4.69, 9.17) is 15.3 Å². The van der Waals surface area contributed by atoms with Crippen molar-refractivity contribution in [1.82, 2.24) is 4.98 Å². The number of halogens is 1. The van der Waals surface area contributed by atoms with E-state index in [-0.39, 0.29) is 37.1 Å². The number of aromatic hydroxyl groups is 1. The summed E-state index contributed by atoms with van der Waals surface area (Å²) in [6, 6.07) is 2.89. The van der Waals surface area contributed by atoms with Crippen LogP contribution < -0.4 is 0 Å². The van der Waals surface area contributed by atoms with E-state index in [9.17, 15) is 0 Å². The van der Waals surface area contributed by atoms with Crippen molar-refractivity contribution in [2.45, 2.75) is 13.2 Å². The Bertz CT molecular complexity index is 254. The highest BCUT2D eigenvalue weighted by molar-refractivity contribution is 5.85. The lowest BCUT2D eigenvalue weighted by Gasteiger charge is -2.01. The fourth-order valence-electron chi connectivity index (χ4n) is 0.744. The lowest BCUT2D eigenvalue weighted by molar-refractivity contribution is 0.260. The lowest BCUT2D eigenvalue weighted by atomic mass is 10.3. The Morgan fingerprint density at radius 3 is 2.33 bits per heavy atom.